The molecule has 4 nitrogen and oxygen atoms in total. The number of anilines is 1. The maximum Gasteiger partial charge on any atom is 0.269 e. The summed E-state index contributed by atoms with van der Waals surface area (Å²) in [4.78, 5) is 12.8. The Kier molecular flexibility index (Phi) is 3.40. The zero-order chi connectivity index (χ0) is 11.5. The summed E-state index contributed by atoms with van der Waals surface area (Å²) in [6, 6.07) is 5.48. The van der Waals surface area contributed by atoms with Gasteiger partial charge in [-0.15, -0.1) is 11.3 Å². The van der Waals surface area contributed by atoms with E-state index in [1.807, 2.05) is 12.1 Å². The van der Waals surface area contributed by atoms with Gasteiger partial charge in [-0.05, 0) is 28.1 Å². The van der Waals surface area contributed by atoms with Crippen LogP contribution in [0.15, 0.2) is 33.0 Å². The molecule has 0 atom stereocenters. The minimum atomic E-state index is -0.101. The number of nitrogens with one attached hydrogen (secondary N) is 1. The highest BCUT2D eigenvalue weighted by atomic mass is 79.9. The fraction of sp³-hybridized carbons (Fsp3) is 0.200. The van der Waals surface area contributed by atoms with Gasteiger partial charge >= 0.3 is 0 Å². The van der Waals surface area contributed by atoms with Crippen molar-refractivity contribution >= 4 is 33.0 Å². The van der Waals surface area contributed by atoms with Crippen molar-refractivity contribution in [2.75, 3.05) is 12.4 Å². The van der Waals surface area contributed by atoms with Crippen molar-refractivity contribution in [3.8, 4) is 0 Å². The van der Waals surface area contributed by atoms with Crippen LogP contribution >= 0.6 is 27.3 Å². The number of hydrogen-bond acceptors (Lipinski definition) is 4. The summed E-state index contributed by atoms with van der Waals surface area (Å²) in [7, 11) is 1.76. The van der Waals surface area contributed by atoms with Crippen molar-refractivity contribution in [2.24, 2.45) is 0 Å². The monoisotopic (exact) mass is 299 g/mol. The summed E-state index contributed by atoms with van der Waals surface area (Å²) in [5.74, 6) is 0. The average molecular weight is 300 g/mol. The van der Waals surface area contributed by atoms with Gasteiger partial charge in [0.15, 0.2) is 0 Å². The second-order valence-electron chi connectivity index (χ2n) is 3.20. The number of nitrogens with zero attached hydrogens (tertiary/aromatic N) is 2. The summed E-state index contributed by atoms with van der Waals surface area (Å²) in [6.45, 7) is 0.513. The van der Waals surface area contributed by atoms with Crippen molar-refractivity contribution in [3.05, 3.63) is 43.4 Å². The first-order valence-corrected chi connectivity index (χ1v) is 6.29. The zero-order valence-electron chi connectivity index (χ0n) is 8.61. The lowest BCUT2D eigenvalue weighted by Crippen LogP contribution is -2.22. The van der Waals surface area contributed by atoms with Crippen LogP contribution in [0.1, 0.15) is 4.88 Å². The molecule has 0 unspecified atom stereocenters. The van der Waals surface area contributed by atoms with Gasteiger partial charge in [0.2, 0.25) is 0 Å². The largest absolute Gasteiger partial charge is 0.387 e. The Morgan fingerprint density at radius 1 is 1.56 bits per heavy atom. The van der Waals surface area contributed by atoms with Gasteiger partial charge in [-0.25, -0.2) is 4.68 Å². The van der Waals surface area contributed by atoms with Gasteiger partial charge in [0.25, 0.3) is 5.56 Å². The Morgan fingerprint density at radius 2 is 2.38 bits per heavy atom. The highest BCUT2D eigenvalue weighted by Crippen LogP contribution is 2.22. The lowest BCUT2D eigenvalue weighted by atomic mass is 10.4. The molecule has 0 aliphatic rings. The molecule has 2 rings (SSSR count). The molecule has 0 aromatic carbocycles. The van der Waals surface area contributed by atoms with Gasteiger partial charge in [0.05, 0.1) is 22.2 Å². The van der Waals surface area contributed by atoms with Crippen LogP contribution in [-0.2, 0) is 6.54 Å². The molecule has 0 aliphatic heterocycles. The SMILES string of the molecule is CNc1cnn(Cc2ccc(Br)s2)c(=O)c1. The lowest BCUT2D eigenvalue weighted by Gasteiger charge is -2.03. The zero-order valence-corrected chi connectivity index (χ0v) is 11.0. The summed E-state index contributed by atoms with van der Waals surface area (Å²) >= 11 is 4.99. The number of thiophene rings is 1. The van der Waals surface area contributed by atoms with Crippen LogP contribution in [0.25, 0.3) is 0 Å². The van der Waals surface area contributed by atoms with E-state index in [2.05, 4.69) is 26.3 Å². The second kappa shape index (κ2) is 4.80. The molecule has 2 aromatic rings. The van der Waals surface area contributed by atoms with Crippen LogP contribution < -0.4 is 10.9 Å². The minimum Gasteiger partial charge on any atom is -0.387 e. The van der Waals surface area contributed by atoms with Crippen LogP contribution in [0.4, 0.5) is 5.69 Å². The van der Waals surface area contributed by atoms with E-state index in [9.17, 15) is 4.79 Å². The second-order valence-corrected chi connectivity index (χ2v) is 5.74. The van der Waals surface area contributed by atoms with Crippen molar-refractivity contribution in [1.82, 2.24) is 9.78 Å². The van der Waals surface area contributed by atoms with E-state index in [-0.39, 0.29) is 5.56 Å². The lowest BCUT2D eigenvalue weighted by molar-refractivity contribution is 0.646. The fourth-order valence-electron chi connectivity index (χ4n) is 1.27. The molecule has 16 heavy (non-hydrogen) atoms. The predicted molar refractivity (Wildman–Crippen MR) is 69.2 cm³/mol. The van der Waals surface area contributed by atoms with Gasteiger partial charge in [0, 0.05) is 18.0 Å². The van der Waals surface area contributed by atoms with E-state index in [1.165, 1.54) is 10.7 Å². The molecule has 0 saturated heterocycles. The summed E-state index contributed by atoms with van der Waals surface area (Å²) < 4.78 is 2.50. The third-order valence-electron chi connectivity index (χ3n) is 2.09. The van der Waals surface area contributed by atoms with Crippen LogP contribution in [0.5, 0.6) is 0 Å². The highest BCUT2D eigenvalue weighted by molar-refractivity contribution is 9.11. The molecule has 0 amide bonds. The molecule has 2 aromatic heterocycles. The first-order chi connectivity index (χ1) is 7.69. The minimum absolute atomic E-state index is 0.101. The van der Waals surface area contributed by atoms with E-state index in [0.717, 1.165) is 14.4 Å². The Bertz CT molecular complexity index is 549. The number of hydrogen-bond donors (Lipinski definition) is 1. The first-order valence-electron chi connectivity index (χ1n) is 4.68. The van der Waals surface area contributed by atoms with E-state index < -0.39 is 0 Å². The molecular weight excluding hydrogens is 290 g/mol. The Morgan fingerprint density at radius 3 is 2.94 bits per heavy atom. The molecule has 0 fully saturated rings. The number of rotatable bonds is 3. The van der Waals surface area contributed by atoms with E-state index in [4.69, 9.17) is 0 Å². The maximum atomic E-state index is 11.7. The topological polar surface area (TPSA) is 46.9 Å². The van der Waals surface area contributed by atoms with Crippen LogP contribution in [0.3, 0.4) is 0 Å². The number of halogens is 1. The normalized spacial score (nSPS) is 10.4. The van der Waals surface area contributed by atoms with Crippen molar-refractivity contribution in [3.63, 3.8) is 0 Å². The highest BCUT2D eigenvalue weighted by Gasteiger charge is 2.02. The average Bonchev–Trinajstić information content (AvgIpc) is 2.67. The summed E-state index contributed by atoms with van der Waals surface area (Å²) in [5.41, 5.74) is 0.630. The predicted octanol–water partition coefficient (Wildman–Crippen LogP) is 2.16. The fourth-order valence-corrected chi connectivity index (χ4v) is 2.74. The van der Waals surface area contributed by atoms with Gasteiger partial charge in [-0.3, -0.25) is 4.79 Å². The van der Waals surface area contributed by atoms with E-state index in [0.29, 0.717) is 6.54 Å². The van der Waals surface area contributed by atoms with Gasteiger partial charge in [-0.2, -0.15) is 5.10 Å². The molecule has 0 aliphatic carbocycles. The molecule has 2 heterocycles. The molecule has 0 saturated carbocycles. The third-order valence-corrected chi connectivity index (χ3v) is 3.70. The number of aromatic nitrogens is 2. The van der Waals surface area contributed by atoms with Crippen LogP contribution in [0.2, 0.25) is 0 Å². The molecule has 0 radical (unpaired) electrons. The summed E-state index contributed by atoms with van der Waals surface area (Å²) in [6.07, 6.45) is 1.64. The van der Waals surface area contributed by atoms with Crippen LogP contribution in [0, 0.1) is 0 Å². The molecule has 84 valence electrons. The van der Waals surface area contributed by atoms with Crippen molar-refractivity contribution in [1.29, 1.82) is 0 Å². The molecule has 1 N–H and O–H groups in total. The van der Waals surface area contributed by atoms with Crippen molar-refractivity contribution < 1.29 is 0 Å². The van der Waals surface area contributed by atoms with E-state index >= 15 is 0 Å². The Hall–Kier alpha value is -1.14. The third kappa shape index (κ3) is 2.51. The maximum absolute atomic E-state index is 11.7. The molecule has 0 bridgehead atoms. The van der Waals surface area contributed by atoms with Crippen molar-refractivity contribution in [2.45, 2.75) is 6.54 Å². The van der Waals surface area contributed by atoms with Crippen LogP contribution in [-0.4, -0.2) is 16.8 Å². The van der Waals surface area contributed by atoms with Gasteiger partial charge < -0.3 is 5.32 Å². The Balaban J connectivity index is 2.25. The Labute approximate surface area is 105 Å². The quantitative estimate of drug-likeness (QED) is 0.945. The van der Waals surface area contributed by atoms with E-state index in [1.54, 1.807) is 24.6 Å². The molecular formula is C10H10BrN3OS. The molecule has 0 spiro atoms. The van der Waals surface area contributed by atoms with Gasteiger partial charge in [-0.1, -0.05) is 0 Å². The standard InChI is InChI=1S/C10H10BrN3OS/c1-12-7-4-10(15)14(13-5-7)6-8-2-3-9(11)16-8/h2-5,12H,6H2,1H3. The smallest absolute Gasteiger partial charge is 0.269 e. The van der Waals surface area contributed by atoms with Gasteiger partial charge in [0.1, 0.15) is 0 Å². The molecule has 6 heteroatoms. The summed E-state index contributed by atoms with van der Waals surface area (Å²) in [5, 5.41) is 6.97. The first kappa shape index (κ1) is 11.3.